The van der Waals surface area contributed by atoms with E-state index in [9.17, 15) is 9.18 Å². The lowest BCUT2D eigenvalue weighted by Crippen LogP contribution is -1.93. The minimum atomic E-state index is -0.949. The summed E-state index contributed by atoms with van der Waals surface area (Å²) in [6.45, 7) is 0. The summed E-state index contributed by atoms with van der Waals surface area (Å²) in [6.07, 6.45) is 0. The topological polar surface area (TPSA) is 37.3 Å². The van der Waals surface area contributed by atoms with Crippen LogP contribution in [0.1, 0.15) is 15.2 Å². The van der Waals surface area contributed by atoms with Gasteiger partial charge in [-0.2, -0.15) is 0 Å². The van der Waals surface area contributed by atoms with Crippen molar-refractivity contribution in [2.75, 3.05) is 0 Å². The highest BCUT2D eigenvalue weighted by Crippen LogP contribution is 2.46. The van der Waals surface area contributed by atoms with Gasteiger partial charge >= 0.3 is 5.97 Å². The lowest BCUT2D eigenvalue weighted by molar-refractivity contribution is 0.0702. The lowest BCUT2D eigenvalue weighted by Gasteiger charge is -2.15. The third-order valence-corrected chi connectivity index (χ3v) is 5.26. The van der Waals surface area contributed by atoms with E-state index >= 15 is 0 Å². The number of hydrogen-bond acceptors (Lipinski definition) is 3. The van der Waals surface area contributed by atoms with E-state index in [0.717, 1.165) is 20.9 Å². The number of thiophene rings is 1. The van der Waals surface area contributed by atoms with Crippen LogP contribution in [0.5, 0.6) is 0 Å². The van der Waals surface area contributed by atoms with Gasteiger partial charge in [0.2, 0.25) is 0 Å². The van der Waals surface area contributed by atoms with Crippen LogP contribution in [0.4, 0.5) is 4.39 Å². The second-order valence-corrected chi connectivity index (χ2v) is 6.30. The maximum absolute atomic E-state index is 13.5. The van der Waals surface area contributed by atoms with E-state index < -0.39 is 11.8 Å². The molecule has 0 atom stereocenters. The molecule has 2 nitrogen and oxygen atoms in total. The van der Waals surface area contributed by atoms with E-state index in [1.807, 2.05) is 0 Å². The Labute approximate surface area is 115 Å². The fraction of sp³-hybridized carbons (Fsp3) is 0.0833. The van der Waals surface area contributed by atoms with Crippen LogP contribution in [0, 0.1) is 5.82 Å². The zero-order chi connectivity index (χ0) is 12.9. The highest BCUT2D eigenvalue weighted by atomic mass is 35.5. The fourth-order valence-electron chi connectivity index (χ4n) is 1.85. The number of halogens is 2. The number of aromatic carboxylic acids is 1. The summed E-state index contributed by atoms with van der Waals surface area (Å²) >= 11 is 8.47. The maximum atomic E-state index is 13.5. The van der Waals surface area contributed by atoms with Gasteiger partial charge in [0.1, 0.15) is 10.7 Å². The molecule has 1 aliphatic heterocycles. The van der Waals surface area contributed by atoms with Crippen LogP contribution in [-0.2, 0) is 5.75 Å². The first-order valence-electron chi connectivity index (χ1n) is 5.04. The van der Waals surface area contributed by atoms with Crippen molar-refractivity contribution in [2.45, 2.75) is 10.6 Å². The number of rotatable bonds is 1. The molecule has 0 saturated heterocycles. The van der Waals surface area contributed by atoms with Crippen molar-refractivity contribution in [2.24, 2.45) is 0 Å². The lowest BCUT2D eigenvalue weighted by atomic mass is 10.1. The summed E-state index contributed by atoms with van der Waals surface area (Å²) in [7, 11) is 0. The number of thioether (sulfide) groups is 1. The van der Waals surface area contributed by atoms with Crippen molar-refractivity contribution in [3.8, 4) is 10.4 Å². The Morgan fingerprint density at radius 1 is 1.39 bits per heavy atom. The maximum Gasteiger partial charge on any atom is 0.345 e. The van der Waals surface area contributed by atoms with Gasteiger partial charge in [0.05, 0.1) is 5.02 Å². The van der Waals surface area contributed by atoms with Gasteiger partial charge in [-0.05, 0) is 23.8 Å². The van der Waals surface area contributed by atoms with Crippen molar-refractivity contribution in [1.29, 1.82) is 0 Å². The Morgan fingerprint density at radius 3 is 2.89 bits per heavy atom. The standard InChI is InChI=1S/C12H6ClFO2S2/c13-7-3-9-6(2-8(7)14)11-5(4-17-9)1-10(18-11)12(15)16/h1-3H,4H2,(H,15,16). The highest BCUT2D eigenvalue weighted by molar-refractivity contribution is 7.98. The molecule has 2 aromatic rings. The van der Waals surface area contributed by atoms with Crippen LogP contribution >= 0.6 is 34.7 Å². The molecule has 6 heteroatoms. The van der Waals surface area contributed by atoms with Crippen LogP contribution in [0.25, 0.3) is 10.4 Å². The van der Waals surface area contributed by atoms with Gasteiger partial charge in [-0.3, -0.25) is 0 Å². The molecule has 1 aromatic carbocycles. The largest absolute Gasteiger partial charge is 0.477 e. The third kappa shape index (κ3) is 1.83. The van der Waals surface area contributed by atoms with Crippen molar-refractivity contribution in [3.63, 3.8) is 0 Å². The van der Waals surface area contributed by atoms with Crippen LogP contribution in [-0.4, -0.2) is 11.1 Å². The molecule has 0 aliphatic carbocycles. The smallest absolute Gasteiger partial charge is 0.345 e. The molecule has 0 spiro atoms. The monoisotopic (exact) mass is 300 g/mol. The van der Waals surface area contributed by atoms with E-state index in [2.05, 4.69) is 0 Å². The Hall–Kier alpha value is -1.04. The molecular weight excluding hydrogens is 295 g/mol. The summed E-state index contributed by atoms with van der Waals surface area (Å²) < 4.78 is 13.5. The normalized spacial score (nSPS) is 13.0. The average Bonchev–Trinajstić information content (AvgIpc) is 2.75. The molecule has 0 fully saturated rings. The van der Waals surface area contributed by atoms with Gasteiger partial charge < -0.3 is 5.11 Å². The Kier molecular flexibility index (Phi) is 2.84. The van der Waals surface area contributed by atoms with Crippen LogP contribution in [0.3, 0.4) is 0 Å². The first-order chi connectivity index (χ1) is 8.56. The second-order valence-electron chi connectivity index (χ2n) is 3.82. The average molecular weight is 301 g/mol. The molecule has 0 saturated carbocycles. The van der Waals surface area contributed by atoms with Crippen LogP contribution < -0.4 is 0 Å². The van der Waals surface area contributed by atoms with Crippen molar-refractivity contribution < 1.29 is 14.3 Å². The Morgan fingerprint density at radius 2 is 2.17 bits per heavy atom. The second kappa shape index (κ2) is 4.26. The molecule has 92 valence electrons. The molecular formula is C12H6ClFO2S2. The predicted octanol–water partition coefficient (Wildman–Crippen LogP) is 4.51. The van der Waals surface area contributed by atoms with E-state index in [4.69, 9.17) is 16.7 Å². The minimum absolute atomic E-state index is 0.0970. The van der Waals surface area contributed by atoms with Crippen molar-refractivity contribution in [1.82, 2.24) is 0 Å². The molecule has 3 rings (SSSR count). The van der Waals surface area contributed by atoms with Gasteiger partial charge in [-0.1, -0.05) is 11.6 Å². The van der Waals surface area contributed by atoms with E-state index in [-0.39, 0.29) is 9.90 Å². The molecule has 0 amide bonds. The molecule has 0 bridgehead atoms. The van der Waals surface area contributed by atoms with E-state index in [0.29, 0.717) is 5.75 Å². The highest BCUT2D eigenvalue weighted by Gasteiger charge is 2.23. The third-order valence-electron chi connectivity index (χ3n) is 2.67. The zero-order valence-electron chi connectivity index (χ0n) is 8.87. The van der Waals surface area contributed by atoms with Crippen LogP contribution in [0.2, 0.25) is 5.02 Å². The minimum Gasteiger partial charge on any atom is -0.477 e. The van der Waals surface area contributed by atoms with Gasteiger partial charge in [-0.15, -0.1) is 23.1 Å². The van der Waals surface area contributed by atoms with Crippen molar-refractivity contribution >= 4 is 40.7 Å². The summed E-state index contributed by atoms with van der Waals surface area (Å²) in [5, 5.41) is 9.09. The van der Waals surface area contributed by atoms with Gasteiger partial charge in [0, 0.05) is 21.1 Å². The van der Waals surface area contributed by atoms with E-state index in [1.54, 1.807) is 23.9 Å². The quantitative estimate of drug-likeness (QED) is 0.842. The van der Waals surface area contributed by atoms with Gasteiger partial charge in [0.25, 0.3) is 0 Å². The number of carboxylic acid groups (broad SMARTS) is 1. The first-order valence-corrected chi connectivity index (χ1v) is 7.22. The summed E-state index contributed by atoms with van der Waals surface area (Å²) in [5.74, 6) is -0.738. The van der Waals surface area contributed by atoms with E-state index in [1.165, 1.54) is 17.4 Å². The molecule has 0 radical (unpaired) electrons. The van der Waals surface area contributed by atoms with Crippen molar-refractivity contribution in [3.05, 3.63) is 39.5 Å². The predicted molar refractivity (Wildman–Crippen MR) is 71.2 cm³/mol. The Bertz CT molecular complexity index is 666. The SMILES string of the molecule is O=C(O)c1cc2c(s1)-c1cc(F)c(Cl)cc1SC2. The molecule has 0 unspecified atom stereocenters. The van der Waals surface area contributed by atoms with Gasteiger partial charge in [-0.25, -0.2) is 9.18 Å². The summed E-state index contributed by atoms with van der Waals surface area (Å²) in [5.41, 5.74) is 1.68. The molecule has 1 aromatic heterocycles. The summed E-state index contributed by atoms with van der Waals surface area (Å²) in [4.78, 5) is 13.0. The number of carboxylic acids is 1. The summed E-state index contributed by atoms with van der Waals surface area (Å²) in [6, 6.07) is 4.63. The molecule has 1 aliphatic rings. The first kappa shape index (κ1) is 12.0. The van der Waals surface area contributed by atoms with Gasteiger partial charge in [0.15, 0.2) is 0 Å². The number of hydrogen-bond donors (Lipinski definition) is 1. The Balaban J connectivity index is 2.21. The zero-order valence-corrected chi connectivity index (χ0v) is 11.3. The number of fused-ring (bicyclic) bond motifs is 3. The molecule has 2 heterocycles. The fourth-order valence-corrected chi connectivity index (χ4v) is 4.34. The number of carbonyl (C=O) groups is 1. The number of benzene rings is 1. The molecule has 18 heavy (non-hydrogen) atoms. The molecule has 1 N–H and O–H groups in total. The van der Waals surface area contributed by atoms with Crippen LogP contribution in [0.15, 0.2) is 23.1 Å².